The van der Waals surface area contributed by atoms with E-state index in [1.54, 1.807) is 0 Å². The first-order chi connectivity index (χ1) is 26.3. The molecule has 1 aliphatic heterocycles. The molecule has 0 saturated heterocycles. The number of aromatic nitrogens is 4. The SMILES string of the molecule is c1ccc(-c2ccc(-c3nc(-c4ccc(-c5ccccc5)cc4)nc(-c4cc5c(-c6ccccc6)nc6ccccc6c5c5c4=NCN=5)n3)cc2)cc1. The van der Waals surface area contributed by atoms with Gasteiger partial charge in [-0.05, 0) is 34.4 Å². The minimum absolute atomic E-state index is 0.339. The lowest BCUT2D eigenvalue weighted by Crippen LogP contribution is -2.26. The third-order valence-corrected chi connectivity index (χ3v) is 9.82. The van der Waals surface area contributed by atoms with Crippen molar-refractivity contribution < 1.29 is 0 Å². The van der Waals surface area contributed by atoms with E-state index < -0.39 is 0 Å². The van der Waals surface area contributed by atoms with Crippen LogP contribution in [0.4, 0.5) is 0 Å². The van der Waals surface area contributed by atoms with Crippen molar-refractivity contribution in [1.29, 1.82) is 0 Å². The van der Waals surface area contributed by atoms with Crippen LogP contribution >= 0.6 is 0 Å². The Labute approximate surface area is 305 Å². The standard InChI is InChI=1S/C47H30N6/c1-4-12-30(13-5-1)32-20-24-35(25-21-32)45-51-46(36-26-22-33(23-27-36)31-14-6-2-7-15-31)53-47(52-45)39-28-38-41(44-43(39)48-29-49-44)37-18-10-11-19-40(37)50-42(38)34-16-8-3-9-17-34/h1-28H,29H2. The van der Waals surface area contributed by atoms with Crippen molar-refractivity contribution in [3.8, 4) is 67.7 Å². The average molecular weight is 679 g/mol. The lowest BCUT2D eigenvalue weighted by molar-refractivity contribution is 1.05. The molecule has 53 heavy (non-hydrogen) atoms. The van der Waals surface area contributed by atoms with Crippen LogP contribution in [-0.2, 0) is 0 Å². The van der Waals surface area contributed by atoms with E-state index in [0.717, 1.165) is 82.6 Å². The molecule has 0 atom stereocenters. The van der Waals surface area contributed by atoms with E-state index in [2.05, 4.69) is 133 Å². The molecule has 248 valence electrons. The van der Waals surface area contributed by atoms with Gasteiger partial charge in [-0.2, -0.15) is 0 Å². The smallest absolute Gasteiger partial charge is 0.166 e. The zero-order valence-corrected chi connectivity index (χ0v) is 28.6. The van der Waals surface area contributed by atoms with Crippen LogP contribution in [0.1, 0.15) is 0 Å². The summed E-state index contributed by atoms with van der Waals surface area (Å²) in [5, 5.41) is 4.69. The van der Waals surface area contributed by atoms with Crippen molar-refractivity contribution in [2.75, 3.05) is 6.67 Å². The molecule has 0 bridgehead atoms. The fourth-order valence-electron chi connectivity index (χ4n) is 7.20. The van der Waals surface area contributed by atoms with E-state index in [0.29, 0.717) is 24.1 Å². The lowest BCUT2D eigenvalue weighted by Gasteiger charge is -2.13. The highest BCUT2D eigenvalue weighted by Crippen LogP contribution is 2.33. The summed E-state index contributed by atoms with van der Waals surface area (Å²) in [5.41, 5.74) is 9.98. The third-order valence-electron chi connectivity index (χ3n) is 9.82. The summed E-state index contributed by atoms with van der Waals surface area (Å²) in [6, 6.07) is 58.2. The van der Waals surface area contributed by atoms with Crippen molar-refractivity contribution in [3.63, 3.8) is 0 Å². The van der Waals surface area contributed by atoms with E-state index >= 15 is 0 Å². The molecule has 6 nitrogen and oxygen atoms in total. The largest absolute Gasteiger partial charge is 0.259 e. The monoisotopic (exact) mass is 678 g/mol. The van der Waals surface area contributed by atoms with Gasteiger partial charge in [0.05, 0.1) is 21.9 Å². The van der Waals surface area contributed by atoms with Crippen LogP contribution < -0.4 is 10.7 Å². The molecule has 7 aromatic carbocycles. The molecule has 0 amide bonds. The molecule has 3 heterocycles. The van der Waals surface area contributed by atoms with Gasteiger partial charge < -0.3 is 0 Å². The number of para-hydroxylation sites is 1. The topological polar surface area (TPSA) is 76.3 Å². The van der Waals surface area contributed by atoms with Crippen LogP contribution in [-0.4, -0.2) is 26.6 Å². The van der Waals surface area contributed by atoms with Gasteiger partial charge in [0.15, 0.2) is 17.5 Å². The van der Waals surface area contributed by atoms with Gasteiger partial charge in [-0.25, -0.2) is 19.9 Å². The summed E-state index contributed by atoms with van der Waals surface area (Å²) >= 11 is 0. The van der Waals surface area contributed by atoms with Crippen molar-refractivity contribution in [2.24, 2.45) is 9.98 Å². The highest BCUT2D eigenvalue weighted by Gasteiger charge is 2.21. The second kappa shape index (κ2) is 12.9. The maximum Gasteiger partial charge on any atom is 0.166 e. The minimum atomic E-state index is 0.339. The van der Waals surface area contributed by atoms with E-state index in [9.17, 15) is 0 Å². The average Bonchev–Trinajstić information content (AvgIpc) is 3.74. The summed E-state index contributed by atoms with van der Waals surface area (Å²) in [6.45, 7) is 0.339. The molecule has 6 heteroatoms. The van der Waals surface area contributed by atoms with Gasteiger partial charge in [0.2, 0.25) is 0 Å². The van der Waals surface area contributed by atoms with Gasteiger partial charge in [0, 0.05) is 38.4 Å². The zero-order valence-electron chi connectivity index (χ0n) is 28.6. The molecule has 0 saturated carbocycles. The number of benzene rings is 7. The van der Waals surface area contributed by atoms with Gasteiger partial charge in [0.25, 0.3) is 0 Å². The molecule has 0 radical (unpaired) electrons. The Hall–Kier alpha value is -7.18. The first-order valence-electron chi connectivity index (χ1n) is 17.6. The van der Waals surface area contributed by atoms with E-state index in [4.69, 9.17) is 29.9 Å². The Kier molecular flexibility index (Phi) is 7.43. The fraction of sp³-hybridized carbons (Fsp3) is 0.0213. The van der Waals surface area contributed by atoms with Crippen LogP contribution in [0.5, 0.6) is 0 Å². The molecule has 0 fully saturated rings. The predicted octanol–water partition coefficient (Wildman–Crippen LogP) is 9.79. The van der Waals surface area contributed by atoms with Crippen molar-refractivity contribution >= 4 is 21.7 Å². The molecule has 9 aromatic rings. The first-order valence-corrected chi connectivity index (χ1v) is 17.6. The number of rotatable bonds is 6. The molecule has 2 aromatic heterocycles. The Bertz CT molecular complexity index is 2830. The van der Waals surface area contributed by atoms with Crippen LogP contribution in [0.2, 0.25) is 0 Å². The van der Waals surface area contributed by atoms with E-state index in [1.165, 1.54) is 0 Å². The van der Waals surface area contributed by atoms with Crippen LogP contribution in [0.3, 0.4) is 0 Å². The summed E-state index contributed by atoms with van der Waals surface area (Å²) in [5.74, 6) is 1.70. The highest BCUT2D eigenvalue weighted by atomic mass is 15.0. The molecule has 1 aliphatic rings. The van der Waals surface area contributed by atoms with Crippen LogP contribution in [0.15, 0.2) is 180 Å². The van der Waals surface area contributed by atoms with Crippen LogP contribution in [0, 0.1) is 0 Å². The molecular weight excluding hydrogens is 649 g/mol. The Balaban J connectivity index is 1.20. The van der Waals surface area contributed by atoms with Gasteiger partial charge in [-0.3, -0.25) is 9.98 Å². The maximum atomic E-state index is 5.21. The number of pyridine rings is 1. The number of fused-ring (bicyclic) bond motifs is 5. The van der Waals surface area contributed by atoms with Gasteiger partial charge >= 0.3 is 0 Å². The molecule has 0 N–H and O–H groups in total. The van der Waals surface area contributed by atoms with Gasteiger partial charge in [-0.15, -0.1) is 0 Å². The van der Waals surface area contributed by atoms with E-state index in [1.807, 2.05) is 36.4 Å². The zero-order chi connectivity index (χ0) is 35.1. The van der Waals surface area contributed by atoms with Crippen molar-refractivity contribution in [1.82, 2.24) is 19.9 Å². The Morgan fingerprint density at radius 3 is 1.38 bits per heavy atom. The summed E-state index contributed by atoms with van der Waals surface area (Å²) in [6.07, 6.45) is 0. The van der Waals surface area contributed by atoms with Gasteiger partial charge in [-0.1, -0.05) is 158 Å². The van der Waals surface area contributed by atoms with Crippen molar-refractivity contribution in [2.45, 2.75) is 0 Å². The molecule has 0 aliphatic carbocycles. The van der Waals surface area contributed by atoms with Crippen LogP contribution in [0.25, 0.3) is 89.4 Å². The minimum Gasteiger partial charge on any atom is -0.259 e. The second-order valence-electron chi connectivity index (χ2n) is 13.0. The number of nitrogens with zero attached hydrogens (tertiary/aromatic N) is 6. The third kappa shape index (κ3) is 5.54. The fourth-order valence-corrected chi connectivity index (χ4v) is 7.20. The van der Waals surface area contributed by atoms with Crippen molar-refractivity contribution in [3.05, 3.63) is 181 Å². The second-order valence-corrected chi connectivity index (χ2v) is 13.0. The number of hydrogen-bond acceptors (Lipinski definition) is 6. The summed E-state index contributed by atoms with van der Waals surface area (Å²) in [7, 11) is 0. The van der Waals surface area contributed by atoms with E-state index in [-0.39, 0.29) is 0 Å². The quantitative estimate of drug-likeness (QED) is 0.164. The lowest BCUT2D eigenvalue weighted by atomic mass is 9.96. The maximum absolute atomic E-state index is 5.21. The molecular formula is C47H30N6. The molecule has 0 unspecified atom stereocenters. The Morgan fingerprint density at radius 1 is 0.340 bits per heavy atom. The predicted molar refractivity (Wildman–Crippen MR) is 212 cm³/mol. The summed E-state index contributed by atoms with van der Waals surface area (Å²) in [4.78, 5) is 30.5. The summed E-state index contributed by atoms with van der Waals surface area (Å²) < 4.78 is 0. The normalized spacial score (nSPS) is 12.0. The highest BCUT2D eigenvalue weighted by molar-refractivity contribution is 6.11. The van der Waals surface area contributed by atoms with Gasteiger partial charge in [0.1, 0.15) is 6.67 Å². The molecule has 0 spiro atoms. The number of hydrogen-bond donors (Lipinski definition) is 0. The Morgan fingerprint density at radius 2 is 0.792 bits per heavy atom. The first kappa shape index (κ1) is 30.6. The molecule has 10 rings (SSSR count).